The molecule has 1 heterocycles. The van der Waals surface area contributed by atoms with E-state index in [9.17, 15) is 4.79 Å². The highest BCUT2D eigenvalue weighted by Crippen LogP contribution is 2.46. The maximum Gasteiger partial charge on any atom is 0.239 e. The minimum absolute atomic E-state index is 0.128. The van der Waals surface area contributed by atoms with Crippen LogP contribution >= 0.6 is 0 Å². The fraction of sp³-hybridized carbons (Fsp3) is 0.917. The second kappa shape index (κ2) is 4.12. The van der Waals surface area contributed by atoms with Crippen molar-refractivity contribution in [2.75, 3.05) is 13.1 Å². The van der Waals surface area contributed by atoms with E-state index in [1.54, 1.807) is 6.92 Å². The van der Waals surface area contributed by atoms with Gasteiger partial charge in [0, 0.05) is 13.1 Å². The Balaban J connectivity index is 1.89. The highest BCUT2D eigenvalue weighted by Gasteiger charge is 2.38. The Hall–Kier alpha value is -0.570. The Morgan fingerprint density at radius 1 is 1.20 bits per heavy atom. The Kier molecular flexibility index (Phi) is 3.01. The van der Waals surface area contributed by atoms with Crippen molar-refractivity contribution in [3.8, 4) is 0 Å². The van der Waals surface area contributed by atoms with Crippen LogP contribution in [0.25, 0.3) is 0 Å². The first-order valence-corrected chi connectivity index (χ1v) is 6.17. The number of hydrogen-bond acceptors (Lipinski definition) is 2. The van der Waals surface area contributed by atoms with Crippen molar-refractivity contribution in [3.63, 3.8) is 0 Å². The molecule has 1 spiro atoms. The van der Waals surface area contributed by atoms with Crippen LogP contribution in [0.1, 0.15) is 45.4 Å². The van der Waals surface area contributed by atoms with Gasteiger partial charge in [0.2, 0.25) is 5.91 Å². The number of nitrogens with zero attached hydrogens (tertiary/aromatic N) is 1. The average molecular weight is 210 g/mol. The molecule has 2 aliphatic rings. The summed E-state index contributed by atoms with van der Waals surface area (Å²) < 4.78 is 0. The predicted octanol–water partition coefficient (Wildman–Crippen LogP) is 1.52. The molecule has 3 nitrogen and oxygen atoms in total. The van der Waals surface area contributed by atoms with E-state index < -0.39 is 0 Å². The number of carbonyl (C=O) groups excluding carboxylic acids is 1. The van der Waals surface area contributed by atoms with Gasteiger partial charge in [-0.2, -0.15) is 0 Å². The van der Waals surface area contributed by atoms with E-state index in [0.29, 0.717) is 5.41 Å². The lowest BCUT2D eigenvalue weighted by Crippen LogP contribution is -2.47. The largest absolute Gasteiger partial charge is 0.341 e. The van der Waals surface area contributed by atoms with Crippen LogP contribution in [-0.4, -0.2) is 29.9 Å². The molecule has 1 unspecified atom stereocenters. The van der Waals surface area contributed by atoms with Crippen molar-refractivity contribution in [2.45, 2.75) is 51.5 Å². The predicted molar refractivity (Wildman–Crippen MR) is 60.4 cm³/mol. The summed E-state index contributed by atoms with van der Waals surface area (Å²) in [5.74, 6) is 0.128. The zero-order valence-corrected chi connectivity index (χ0v) is 9.67. The highest BCUT2D eigenvalue weighted by molar-refractivity contribution is 5.81. The molecule has 2 rings (SSSR count). The third-order valence-electron chi connectivity index (χ3n) is 4.19. The van der Waals surface area contributed by atoms with Crippen LogP contribution in [0.4, 0.5) is 0 Å². The van der Waals surface area contributed by atoms with Gasteiger partial charge in [0.25, 0.3) is 0 Å². The van der Waals surface area contributed by atoms with Crippen LogP contribution in [0.5, 0.6) is 0 Å². The number of carbonyl (C=O) groups is 1. The third kappa shape index (κ3) is 2.17. The lowest BCUT2D eigenvalue weighted by atomic mass is 9.77. The maximum absolute atomic E-state index is 11.7. The number of amides is 1. The van der Waals surface area contributed by atoms with Gasteiger partial charge >= 0.3 is 0 Å². The smallest absolute Gasteiger partial charge is 0.239 e. The van der Waals surface area contributed by atoms with Crippen LogP contribution in [0.15, 0.2) is 0 Å². The molecule has 2 fully saturated rings. The van der Waals surface area contributed by atoms with E-state index in [4.69, 9.17) is 5.73 Å². The number of hydrogen-bond donors (Lipinski definition) is 1. The number of likely N-dealkylation sites (tertiary alicyclic amines) is 1. The van der Waals surface area contributed by atoms with Crippen LogP contribution < -0.4 is 5.73 Å². The van der Waals surface area contributed by atoms with Gasteiger partial charge < -0.3 is 10.6 Å². The van der Waals surface area contributed by atoms with E-state index >= 15 is 0 Å². The lowest BCUT2D eigenvalue weighted by Gasteiger charge is -2.39. The zero-order chi connectivity index (χ0) is 10.9. The van der Waals surface area contributed by atoms with Crippen LogP contribution in [0.3, 0.4) is 0 Å². The normalized spacial score (nSPS) is 26.9. The van der Waals surface area contributed by atoms with E-state index in [0.717, 1.165) is 13.1 Å². The molecule has 0 bridgehead atoms. The molecule has 1 amide bonds. The first-order valence-electron chi connectivity index (χ1n) is 6.17. The minimum Gasteiger partial charge on any atom is -0.341 e. The van der Waals surface area contributed by atoms with Gasteiger partial charge in [-0.3, -0.25) is 4.79 Å². The van der Waals surface area contributed by atoms with Crippen LogP contribution in [0, 0.1) is 5.41 Å². The fourth-order valence-electron chi connectivity index (χ4n) is 3.11. The summed E-state index contributed by atoms with van der Waals surface area (Å²) >= 11 is 0. The van der Waals surface area contributed by atoms with Crippen molar-refractivity contribution in [1.82, 2.24) is 4.90 Å². The lowest BCUT2D eigenvalue weighted by molar-refractivity contribution is -0.134. The van der Waals surface area contributed by atoms with Crippen molar-refractivity contribution in [1.29, 1.82) is 0 Å². The van der Waals surface area contributed by atoms with Crippen LogP contribution in [0.2, 0.25) is 0 Å². The quantitative estimate of drug-likeness (QED) is 0.713. The maximum atomic E-state index is 11.7. The number of piperidine rings is 1. The Bertz CT molecular complexity index is 234. The Morgan fingerprint density at radius 3 is 2.20 bits per heavy atom. The Labute approximate surface area is 92.0 Å². The minimum atomic E-state index is -0.331. The molecule has 2 N–H and O–H groups in total. The van der Waals surface area contributed by atoms with Crippen molar-refractivity contribution in [2.24, 2.45) is 11.1 Å². The first kappa shape index (κ1) is 10.9. The third-order valence-corrected chi connectivity index (χ3v) is 4.19. The van der Waals surface area contributed by atoms with E-state index in [-0.39, 0.29) is 11.9 Å². The van der Waals surface area contributed by atoms with Gasteiger partial charge in [0.05, 0.1) is 6.04 Å². The molecular formula is C12H22N2O. The van der Waals surface area contributed by atoms with E-state index in [1.165, 1.54) is 38.5 Å². The standard InChI is InChI=1S/C12H22N2O/c1-10(13)11(15)14-8-6-12(7-9-14)4-2-3-5-12/h10H,2-9,13H2,1H3. The molecule has 1 saturated heterocycles. The molecule has 0 aromatic carbocycles. The van der Waals surface area contributed by atoms with E-state index in [1.807, 2.05) is 4.90 Å². The monoisotopic (exact) mass is 210 g/mol. The van der Waals surface area contributed by atoms with Gasteiger partial charge in [-0.05, 0) is 38.0 Å². The molecule has 0 aromatic rings. The van der Waals surface area contributed by atoms with Gasteiger partial charge in [0.15, 0.2) is 0 Å². The second-order valence-corrected chi connectivity index (χ2v) is 5.32. The van der Waals surface area contributed by atoms with Gasteiger partial charge in [0.1, 0.15) is 0 Å². The summed E-state index contributed by atoms with van der Waals surface area (Å²) in [6, 6.07) is -0.331. The summed E-state index contributed by atoms with van der Waals surface area (Å²) in [4.78, 5) is 13.7. The molecule has 3 heteroatoms. The summed E-state index contributed by atoms with van der Waals surface area (Å²) in [5.41, 5.74) is 6.21. The average Bonchev–Trinajstić information content (AvgIpc) is 2.67. The molecular weight excluding hydrogens is 188 g/mol. The summed E-state index contributed by atoms with van der Waals surface area (Å²) in [6.07, 6.45) is 7.94. The van der Waals surface area contributed by atoms with Gasteiger partial charge in [-0.15, -0.1) is 0 Å². The molecule has 1 atom stereocenters. The SMILES string of the molecule is CC(N)C(=O)N1CCC2(CCCC2)CC1. The molecule has 1 aliphatic heterocycles. The van der Waals surface area contributed by atoms with Crippen LogP contribution in [-0.2, 0) is 4.79 Å². The second-order valence-electron chi connectivity index (χ2n) is 5.32. The topological polar surface area (TPSA) is 46.3 Å². The van der Waals surface area contributed by atoms with Crippen molar-refractivity contribution in [3.05, 3.63) is 0 Å². The number of rotatable bonds is 1. The van der Waals surface area contributed by atoms with Crippen molar-refractivity contribution >= 4 is 5.91 Å². The summed E-state index contributed by atoms with van der Waals surface area (Å²) in [6.45, 7) is 3.64. The molecule has 0 aromatic heterocycles. The molecule has 86 valence electrons. The molecule has 0 radical (unpaired) electrons. The zero-order valence-electron chi connectivity index (χ0n) is 9.67. The summed E-state index contributed by atoms with van der Waals surface area (Å²) in [7, 11) is 0. The van der Waals surface area contributed by atoms with Gasteiger partial charge in [-0.1, -0.05) is 12.8 Å². The molecule has 15 heavy (non-hydrogen) atoms. The fourth-order valence-corrected chi connectivity index (χ4v) is 3.11. The van der Waals surface area contributed by atoms with Gasteiger partial charge in [-0.25, -0.2) is 0 Å². The van der Waals surface area contributed by atoms with E-state index in [2.05, 4.69) is 0 Å². The van der Waals surface area contributed by atoms with Crippen molar-refractivity contribution < 1.29 is 4.79 Å². The highest BCUT2D eigenvalue weighted by atomic mass is 16.2. The summed E-state index contributed by atoms with van der Waals surface area (Å²) in [5, 5.41) is 0. The molecule has 1 aliphatic carbocycles. The Morgan fingerprint density at radius 2 is 1.73 bits per heavy atom. The number of nitrogens with two attached hydrogens (primary N) is 1. The first-order chi connectivity index (χ1) is 7.13. The molecule has 1 saturated carbocycles.